The van der Waals surface area contributed by atoms with Gasteiger partial charge in [-0.1, -0.05) is 55.3 Å². The minimum atomic E-state index is -3.97. The fourth-order valence-electron chi connectivity index (χ4n) is 4.65. The third-order valence-corrected chi connectivity index (χ3v) is 8.81. The zero-order valence-corrected chi connectivity index (χ0v) is 23.4. The normalized spacial score (nSPS) is 15.0. The Hall–Kier alpha value is -2.91. The smallest absolute Gasteiger partial charge is 0.304 e. The largest absolute Gasteiger partial charge is 0.352 e. The molecule has 3 rings (SSSR count). The quantitative estimate of drug-likeness (QED) is 0.484. The van der Waals surface area contributed by atoms with Crippen molar-refractivity contribution in [3.63, 3.8) is 0 Å². The van der Waals surface area contributed by atoms with Crippen LogP contribution in [0.2, 0.25) is 0 Å². The average molecular weight is 529 g/mol. The minimum Gasteiger partial charge on any atom is -0.352 e. The van der Waals surface area contributed by atoms with Crippen molar-refractivity contribution < 1.29 is 18.0 Å². The first-order valence-corrected chi connectivity index (χ1v) is 14.3. The van der Waals surface area contributed by atoms with Gasteiger partial charge in [-0.15, -0.1) is 0 Å². The molecule has 1 N–H and O–H groups in total. The second-order valence-corrected chi connectivity index (χ2v) is 12.1. The number of hydrogen-bond acceptors (Lipinski definition) is 4. The molecule has 0 heterocycles. The molecule has 2 amide bonds. The summed E-state index contributed by atoms with van der Waals surface area (Å²) in [5, 5.41) is 3.09. The van der Waals surface area contributed by atoms with Gasteiger partial charge in [-0.2, -0.15) is 12.7 Å². The predicted molar refractivity (Wildman–Crippen MR) is 148 cm³/mol. The highest BCUT2D eigenvalue weighted by atomic mass is 32.2. The van der Waals surface area contributed by atoms with Crippen LogP contribution in [0.15, 0.2) is 48.5 Å². The molecule has 37 heavy (non-hydrogen) atoms. The number of anilines is 1. The van der Waals surface area contributed by atoms with Crippen molar-refractivity contribution in [3.8, 4) is 0 Å². The maximum atomic E-state index is 13.8. The summed E-state index contributed by atoms with van der Waals surface area (Å²) < 4.78 is 29.0. The molecule has 1 saturated carbocycles. The second kappa shape index (κ2) is 12.6. The van der Waals surface area contributed by atoms with E-state index in [9.17, 15) is 18.0 Å². The van der Waals surface area contributed by atoms with Gasteiger partial charge in [0.2, 0.25) is 11.8 Å². The Labute approximate surface area is 221 Å². The SMILES string of the molecule is Cc1ccc(C)c(N(CC(=O)N(CCc2ccccc2)[C@H](C)C(=O)NC2CCCC2)S(=O)(=O)N(C)C)c1. The van der Waals surface area contributed by atoms with E-state index in [-0.39, 0.29) is 11.9 Å². The van der Waals surface area contributed by atoms with E-state index in [1.54, 1.807) is 13.0 Å². The summed E-state index contributed by atoms with van der Waals surface area (Å²) in [6.07, 6.45) is 4.61. The number of carbonyl (C=O) groups is 2. The highest BCUT2D eigenvalue weighted by Crippen LogP contribution is 2.26. The molecule has 0 unspecified atom stereocenters. The Kier molecular flexibility index (Phi) is 9.73. The lowest BCUT2D eigenvalue weighted by molar-refractivity contribution is -0.139. The van der Waals surface area contributed by atoms with E-state index >= 15 is 0 Å². The summed E-state index contributed by atoms with van der Waals surface area (Å²) in [5.41, 5.74) is 3.12. The van der Waals surface area contributed by atoms with Gasteiger partial charge in [-0.25, -0.2) is 4.31 Å². The van der Waals surface area contributed by atoms with Crippen molar-refractivity contribution in [3.05, 3.63) is 65.2 Å². The number of aryl methyl sites for hydroxylation is 2. The lowest BCUT2D eigenvalue weighted by atomic mass is 10.1. The van der Waals surface area contributed by atoms with Crippen molar-refractivity contribution in [1.29, 1.82) is 0 Å². The lowest BCUT2D eigenvalue weighted by Crippen LogP contribution is -2.54. The molecule has 1 fully saturated rings. The molecule has 8 nitrogen and oxygen atoms in total. The van der Waals surface area contributed by atoms with Crippen molar-refractivity contribution in [1.82, 2.24) is 14.5 Å². The number of amides is 2. The van der Waals surface area contributed by atoms with Crippen LogP contribution in [-0.2, 0) is 26.2 Å². The van der Waals surface area contributed by atoms with Crippen molar-refractivity contribution in [2.24, 2.45) is 0 Å². The van der Waals surface area contributed by atoms with Gasteiger partial charge in [0.25, 0.3) is 0 Å². The third kappa shape index (κ3) is 7.32. The number of nitrogens with zero attached hydrogens (tertiary/aromatic N) is 3. The van der Waals surface area contributed by atoms with E-state index in [0.29, 0.717) is 18.7 Å². The van der Waals surface area contributed by atoms with Gasteiger partial charge in [0, 0.05) is 26.7 Å². The first-order valence-electron chi connectivity index (χ1n) is 12.9. The number of hydrogen-bond donors (Lipinski definition) is 1. The van der Waals surface area contributed by atoms with E-state index in [1.165, 1.54) is 19.0 Å². The van der Waals surface area contributed by atoms with E-state index in [4.69, 9.17) is 0 Å². The fourth-order valence-corrected chi connectivity index (χ4v) is 5.77. The van der Waals surface area contributed by atoms with Gasteiger partial charge < -0.3 is 10.2 Å². The van der Waals surface area contributed by atoms with Gasteiger partial charge in [-0.05, 0) is 62.8 Å². The highest BCUT2D eigenvalue weighted by Gasteiger charge is 2.33. The highest BCUT2D eigenvalue weighted by molar-refractivity contribution is 7.90. The van der Waals surface area contributed by atoms with Crippen LogP contribution in [0.1, 0.15) is 49.3 Å². The molecule has 1 atom stereocenters. The zero-order chi connectivity index (χ0) is 27.2. The summed E-state index contributed by atoms with van der Waals surface area (Å²) in [6, 6.07) is 14.7. The Morgan fingerprint density at radius 1 is 1.03 bits per heavy atom. The molecule has 1 aliphatic rings. The van der Waals surface area contributed by atoms with Gasteiger partial charge in [0.15, 0.2) is 0 Å². The monoisotopic (exact) mass is 528 g/mol. The number of carbonyl (C=O) groups excluding carboxylic acids is 2. The lowest BCUT2D eigenvalue weighted by Gasteiger charge is -2.33. The van der Waals surface area contributed by atoms with E-state index < -0.39 is 28.7 Å². The molecular formula is C28H40N4O4S. The molecule has 0 bridgehead atoms. The number of benzene rings is 2. The maximum absolute atomic E-state index is 13.8. The van der Waals surface area contributed by atoms with Crippen LogP contribution in [0, 0.1) is 13.8 Å². The Morgan fingerprint density at radius 3 is 2.30 bits per heavy atom. The van der Waals surface area contributed by atoms with Crippen LogP contribution in [-0.4, -0.2) is 68.7 Å². The summed E-state index contributed by atoms with van der Waals surface area (Å²) in [4.78, 5) is 28.5. The Bertz CT molecular complexity index is 1180. The van der Waals surface area contributed by atoms with Crippen LogP contribution in [0.3, 0.4) is 0 Å². The van der Waals surface area contributed by atoms with Gasteiger partial charge in [-0.3, -0.25) is 9.59 Å². The van der Waals surface area contributed by atoms with Crippen molar-refractivity contribution in [2.45, 2.75) is 65.0 Å². The molecule has 0 saturated heterocycles. The first kappa shape index (κ1) is 28.7. The minimum absolute atomic E-state index is 0.126. The van der Waals surface area contributed by atoms with Crippen molar-refractivity contribution in [2.75, 3.05) is 31.5 Å². The van der Waals surface area contributed by atoms with Crippen LogP contribution >= 0.6 is 0 Å². The number of rotatable bonds is 11. The molecule has 9 heteroatoms. The molecule has 1 aliphatic carbocycles. The van der Waals surface area contributed by atoms with Crippen LogP contribution in [0.25, 0.3) is 0 Å². The topological polar surface area (TPSA) is 90.0 Å². The summed E-state index contributed by atoms with van der Waals surface area (Å²) >= 11 is 0. The maximum Gasteiger partial charge on any atom is 0.304 e. The molecule has 2 aromatic carbocycles. The molecular weight excluding hydrogens is 488 g/mol. The Balaban J connectivity index is 1.91. The summed E-state index contributed by atoms with van der Waals surface area (Å²) in [5.74, 6) is -0.626. The third-order valence-electron chi connectivity index (χ3n) is 7.01. The van der Waals surface area contributed by atoms with Crippen LogP contribution in [0.4, 0.5) is 5.69 Å². The number of nitrogens with one attached hydrogen (secondary N) is 1. The molecule has 0 aliphatic heterocycles. The second-order valence-electron chi connectivity index (χ2n) is 10.1. The first-order chi connectivity index (χ1) is 17.5. The summed E-state index contributed by atoms with van der Waals surface area (Å²) in [6.45, 7) is 5.32. The summed E-state index contributed by atoms with van der Waals surface area (Å²) in [7, 11) is -1.08. The molecule has 0 aromatic heterocycles. The van der Waals surface area contributed by atoms with E-state index in [2.05, 4.69) is 5.32 Å². The van der Waals surface area contributed by atoms with Gasteiger partial charge in [0.05, 0.1) is 5.69 Å². The molecule has 0 spiro atoms. The van der Waals surface area contributed by atoms with Crippen molar-refractivity contribution >= 4 is 27.7 Å². The molecule has 202 valence electrons. The molecule has 0 radical (unpaired) electrons. The van der Waals surface area contributed by atoms with Gasteiger partial charge >= 0.3 is 10.2 Å². The van der Waals surface area contributed by atoms with E-state index in [0.717, 1.165) is 51.0 Å². The van der Waals surface area contributed by atoms with Gasteiger partial charge in [0.1, 0.15) is 12.6 Å². The standard InChI is InChI=1S/C28H40N4O4S/c1-21-15-16-22(2)26(19-21)32(37(35,36)30(4)5)20-27(33)31(18-17-24-11-7-6-8-12-24)23(3)28(34)29-25-13-9-10-14-25/h6-8,11-12,15-16,19,23,25H,9-10,13-14,17-18,20H2,1-5H3,(H,29,34)/t23-/m1/s1. The van der Waals surface area contributed by atoms with E-state index in [1.807, 2.05) is 56.3 Å². The van der Waals surface area contributed by atoms with Crippen LogP contribution in [0.5, 0.6) is 0 Å². The average Bonchev–Trinajstić information content (AvgIpc) is 3.37. The Morgan fingerprint density at radius 2 is 1.68 bits per heavy atom. The fraction of sp³-hybridized carbons (Fsp3) is 0.500. The molecule has 2 aromatic rings. The van der Waals surface area contributed by atoms with Crippen LogP contribution < -0.4 is 9.62 Å². The zero-order valence-electron chi connectivity index (χ0n) is 22.6. The predicted octanol–water partition coefficient (Wildman–Crippen LogP) is 3.43.